The molecule has 0 amide bonds. The van der Waals surface area contributed by atoms with Gasteiger partial charge in [0.05, 0.1) is 13.2 Å². The van der Waals surface area contributed by atoms with E-state index >= 15 is 0 Å². The Labute approximate surface area is 306 Å². The average Bonchev–Trinajstić information content (AvgIpc) is 3.11. The van der Waals surface area contributed by atoms with Gasteiger partial charge in [-0.25, -0.2) is 0 Å². The Balaban J connectivity index is 3.42. The number of esters is 1. The Bertz CT molecular complexity index is 728. The fourth-order valence-corrected chi connectivity index (χ4v) is 6.18. The Morgan fingerprint density at radius 3 is 1.33 bits per heavy atom. The molecule has 0 aliphatic rings. The van der Waals surface area contributed by atoms with Crippen LogP contribution in [0.15, 0.2) is 36.5 Å². The number of aliphatic hydroxyl groups is 1. The smallest absolute Gasteiger partial charge is 0.306 e. The van der Waals surface area contributed by atoms with Gasteiger partial charge >= 0.3 is 5.97 Å². The molecular weight excluding hydrogens is 604 g/mol. The summed E-state index contributed by atoms with van der Waals surface area (Å²) in [5.41, 5.74) is 0. The van der Waals surface area contributed by atoms with E-state index in [1.807, 2.05) is 0 Å². The SMILES string of the molecule is CCCCC/C=C\C/C=C\CCCCCCCC(=O)OC(CO)COCCCCCCCCCCCC/C=C\CCCCCCCCCC. The Morgan fingerprint density at radius 2 is 0.857 bits per heavy atom. The molecule has 4 nitrogen and oxygen atoms in total. The van der Waals surface area contributed by atoms with Crippen LogP contribution in [0, 0.1) is 0 Å². The van der Waals surface area contributed by atoms with E-state index in [1.165, 1.54) is 161 Å². The molecule has 0 aromatic carbocycles. The van der Waals surface area contributed by atoms with Crippen LogP contribution >= 0.6 is 0 Å². The maximum absolute atomic E-state index is 12.2. The molecular formula is C45H84O4. The lowest BCUT2D eigenvalue weighted by molar-refractivity contribution is -0.154. The average molecular weight is 689 g/mol. The van der Waals surface area contributed by atoms with E-state index < -0.39 is 6.10 Å². The normalized spacial score (nSPS) is 12.6. The third-order valence-corrected chi connectivity index (χ3v) is 9.44. The molecule has 0 saturated carbocycles. The first kappa shape index (κ1) is 47.6. The number of allylic oxidation sites excluding steroid dienone is 6. The van der Waals surface area contributed by atoms with Crippen LogP contribution < -0.4 is 0 Å². The largest absolute Gasteiger partial charge is 0.457 e. The van der Waals surface area contributed by atoms with Crippen molar-refractivity contribution >= 4 is 5.97 Å². The van der Waals surface area contributed by atoms with Crippen LogP contribution in [0.5, 0.6) is 0 Å². The summed E-state index contributed by atoms with van der Waals surface area (Å²) < 4.78 is 11.2. The van der Waals surface area contributed by atoms with Gasteiger partial charge < -0.3 is 14.6 Å². The third kappa shape index (κ3) is 40.9. The molecule has 1 N–H and O–H groups in total. The molecule has 4 heteroatoms. The number of carbonyl (C=O) groups is 1. The van der Waals surface area contributed by atoms with Crippen molar-refractivity contribution in [1.82, 2.24) is 0 Å². The second-order valence-corrected chi connectivity index (χ2v) is 14.4. The lowest BCUT2D eigenvalue weighted by Gasteiger charge is -2.15. The van der Waals surface area contributed by atoms with E-state index in [1.54, 1.807) is 0 Å². The summed E-state index contributed by atoms with van der Waals surface area (Å²) in [5.74, 6) is -0.213. The van der Waals surface area contributed by atoms with Crippen LogP contribution in [0.25, 0.3) is 0 Å². The van der Waals surface area contributed by atoms with Crippen molar-refractivity contribution in [3.8, 4) is 0 Å². The molecule has 1 unspecified atom stereocenters. The molecule has 49 heavy (non-hydrogen) atoms. The van der Waals surface area contributed by atoms with Crippen LogP contribution in [0.2, 0.25) is 0 Å². The lowest BCUT2D eigenvalue weighted by atomic mass is 10.1. The van der Waals surface area contributed by atoms with Crippen LogP contribution in [-0.2, 0) is 14.3 Å². The monoisotopic (exact) mass is 689 g/mol. The number of ether oxygens (including phenoxy) is 2. The lowest BCUT2D eigenvalue weighted by Crippen LogP contribution is -2.27. The molecule has 0 aromatic rings. The van der Waals surface area contributed by atoms with Crippen molar-refractivity contribution in [2.45, 2.75) is 225 Å². The highest BCUT2D eigenvalue weighted by molar-refractivity contribution is 5.69. The molecule has 288 valence electrons. The molecule has 0 aliphatic carbocycles. The van der Waals surface area contributed by atoms with E-state index in [2.05, 4.69) is 50.3 Å². The summed E-state index contributed by atoms with van der Waals surface area (Å²) >= 11 is 0. The highest BCUT2D eigenvalue weighted by Gasteiger charge is 2.13. The Kier molecular flexibility index (Phi) is 41.6. The van der Waals surface area contributed by atoms with Gasteiger partial charge in [0.2, 0.25) is 0 Å². The molecule has 0 aliphatic heterocycles. The molecule has 0 rings (SSSR count). The zero-order valence-electron chi connectivity index (χ0n) is 33.0. The van der Waals surface area contributed by atoms with E-state index in [9.17, 15) is 9.90 Å². The number of carbonyl (C=O) groups excluding carboxylic acids is 1. The number of rotatable bonds is 40. The van der Waals surface area contributed by atoms with E-state index in [0.29, 0.717) is 19.6 Å². The zero-order chi connectivity index (χ0) is 35.6. The van der Waals surface area contributed by atoms with Gasteiger partial charge in [0.15, 0.2) is 0 Å². The maximum atomic E-state index is 12.2. The van der Waals surface area contributed by atoms with Crippen LogP contribution in [-0.4, -0.2) is 37.0 Å². The molecule has 0 fully saturated rings. The van der Waals surface area contributed by atoms with E-state index in [4.69, 9.17) is 9.47 Å². The summed E-state index contributed by atoms with van der Waals surface area (Å²) in [6, 6.07) is 0. The standard InChI is InChI=1S/C45H84O4/c1-3-5-7-9-11-13-15-17-19-20-21-22-23-24-25-27-29-31-33-35-37-39-41-48-43-44(42-46)49-45(47)40-38-36-34-32-30-28-26-18-16-14-12-10-8-6-4-2/h12,14,18,20-21,26,44,46H,3-11,13,15-17,19,22-25,27-43H2,1-2H3/b14-12-,21-20-,26-18-. The summed E-state index contributed by atoms with van der Waals surface area (Å²) in [4.78, 5) is 12.2. The van der Waals surface area contributed by atoms with Gasteiger partial charge in [-0.05, 0) is 70.6 Å². The summed E-state index contributed by atoms with van der Waals surface area (Å²) in [5, 5.41) is 9.59. The van der Waals surface area contributed by atoms with Gasteiger partial charge in [-0.3, -0.25) is 4.79 Å². The van der Waals surface area contributed by atoms with Crippen LogP contribution in [0.3, 0.4) is 0 Å². The molecule has 0 aromatic heterocycles. The number of unbranched alkanes of at least 4 members (excludes halogenated alkanes) is 26. The fraction of sp³-hybridized carbons (Fsp3) is 0.844. The minimum Gasteiger partial charge on any atom is -0.457 e. The highest BCUT2D eigenvalue weighted by atomic mass is 16.6. The van der Waals surface area contributed by atoms with Crippen molar-refractivity contribution in [3.63, 3.8) is 0 Å². The number of hydrogen-bond acceptors (Lipinski definition) is 4. The minimum absolute atomic E-state index is 0.177. The summed E-state index contributed by atoms with van der Waals surface area (Å²) in [6.07, 6.45) is 53.5. The third-order valence-electron chi connectivity index (χ3n) is 9.44. The summed E-state index contributed by atoms with van der Waals surface area (Å²) in [6.45, 7) is 5.32. The van der Waals surface area contributed by atoms with Crippen molar-refractivity contribution in [1.29, 1.82) is 0 Å². The van der Waals surface area contributed by atoms with Gasteiger partial charge in [-0.15, -0.1) is 0 Å². The van der Waals surface area contributed by atoms with Gasteiger partial charge in [0.25, 0.3) is 0 Å². The second-order valence-electron chi connectivity index (χ2n) is 14.4. The topological polar surface area (TPSA) is 55.8 Å². The molecule has 0 saturated heterocycles. The fourth-order valence-electron chi connectivity index (χ4n) is 6.18. The first-order chi connectivity index (χ1) is 24.2. The predicted octanol–water partition coefficient (Wildman–Crippen LogP) is 14.1. The molecule has 0 spiro atoms. The minimum atomic E-state index is -0.541. The van der Waals surface area contributed by atoms with Crippen LogP contribution in [0.1, 0.15) is 219 Å². The molecule has 1 atom stereocenters. The van der Waals surface area contributed by atoms with Crippen molar-refractivity contribution < 1.29 is 19.4 Å². The van der Waals surface area contributed by atoms with Gasteiger partial charge in [-0.2, -0.15) is 0 Å². The van der Waals surface area contributed by atoms with Crippen molar-refractivity contribution in [3.05, 3.63) is 36.5 Å². The summed E-state index contributed by atoms with van der Waals surface area (Å²) in [7, 11) is 0. The maximum Gasteiger partial charge on any atom is 0.306 e. The highest BCUT2D eigenvalue weighted by Crippen LogP contribution is 2.14. The molecule has 0 heterocycles. The van der Waals surface area contributed by atoms with Gasteiger partial charge in [0, 0.05) is 13.0 Å². The Hall–Kier alpha value is -1.39. The van der Waals surface area contributed by atoms with Crippen molar-refractivity contribution in [2.24, 2.45) is 0 Å². The van der Waals surface area contributed by atoms with Gasteiger partial charge in [-0.1, -0.05) is 179 Å². The number of hydrogen-bond donors (Lipinski definition) is 1. The zero-order valence-corrected chi connectivity index (χ0v) is 33.0. The van der Waals surface area contributed by atoms with E-state index in [0.717, 1.165) is 38.5 Å². The Morgan fingerprint density at radius 1 is 0.490 bits per heavy atom. The number of aliphatic hydroxyl groups excluding tert-OH is 1. The quantitative estimate of drug-likeness (QED) is 0.0395. The van der Waals surface area contributed by atoms with Gasteiger partial charge in [0.1, 0.15) is 6.10 Å². The molecule has 0 radical (unpaired) electrons. The van der Waals surface area contributed by atoms with E-state index in [-0.39, 0.29) is 12.6 Å². The first-order valence-electron chi connectivity index (χ1n) is 21.6. The predicted molar refractivity (Wildman–Crippen MR) is 214 cm³/mol. The second kappa shape index (κ2) is 42.8. The first-order valence-corrected chi connectivity index (χ1v) is 21.6. The van der Waals surface area contributed by atoms with Crippen molar-refractivity contribution in [2.75, 3.05) is 19.8 Å². The van der Waals surface area contributed by atoms with Crippen LogP contribution in [0.4, 0.5) is 0 Å². The molecule has 0 bridgehead atoms.